The zero-order valence-electron chi connectivity index (χ0n) is 20.1. The van der Waals surface area contributed by atoms with Crippen LogP contribution in [0.15, 0.2) is 78.9 Å². The van der Waals surface area contributed by atoms with E-state index in [0.29, 0.717) is 24.5 Å². The Morgan fingerprint density at radius 1 is 0.943 bits per heavy atom. The molecule has 0 saturated carbocycles. The first-order valence-corrected chi connectivity index (χ1v) is 11.6. The fourth-order valence-corrected chi connectivity index (χ4v) is 3.65. The second-order valence-corrected chi connectivity index (χ2v) is 8.11. The molecule has 0 radical (unpaired) electrons. The third-order valence-corrected chi connectivity index (χ3v) is 5.48. The van der Waals surface area contributed by atoms with Crippen LogP contribution in [0.1, 0.15) is 24.5 Å². The van der Waals surface area contributed by atoms with Gasteiger partial charge in [-0.05, 0) is 53.9 Å². The molecule has 7 heteroatoms. The summed E-state index contributed by atoms with van der Waals surface area (Å²) in [6, 6.07) is 21.7. The van der Waals surface area contributed by atoms with Crippen molar-refractivity contribution in [3.63, 3.8) is 0 Å². The molecule has 184 valence electrons. The fourth-order valence-electron chi connectivity index (χ4n) is 3.65. The molecule has 2 amide bonds. The van der Waals surface area contributed by atoms with Gasteiger partial charge in [-0.25, -0.2) is 4.39 Å². The van der Waals surface area contributed by atoms with E-state index in [4.69, 9.17) is 9.47 Å². The number of nitrogens with zero attached hydrogens (tertiary/aromatic N) is 1. The second-order valence-electron chi connectivity index (χ2n) is 8.11. The number of benzene rings is 3. The number of hydrogen-bond donors (Lipinski definition) is 1. The molecule has 0 saturated heterocycles. The first kappa shape index (κ1) is 25.7. The molecule has 6 nitrogen and oxygen atoms in total. The Bertz CT molecular complexity index is 1090. The van der Waals surface area contributed by atoms with Crippen LogP contribution in [0.3, 0.4) is 0 Å². The van der Waals surface area contributed by atoms with Gasteiger partial charge in [-0.3, -0.25) is 9.59 Å². The minimum atomic E-state index is -0.750. The minimum absolute atomic E-state index is 0.194. The van der Waals surface area contributed by atoms with Crippen LogP contribution in [-0.2, 0) is 22.6 Å². The zero-order chi connectivity index (χ0) is 25.0. The summed E-state index contributed by atoms with van der Waals surface area (Å²) in [4.78, 5) is 28.3. The van der Waals surface area contributed by atoms with Crippen LogP contribution in [0.4, 0.5) is 4.39 Å². The topological polar surface area (TPSA) is 67.9 Å². The third-order valence-electron chi connectivity index (χ3n) is 5.48. The predicted molar refractivity (Wildman–Crippen MR) is 133 cm³/mol. The number of nitrogens with one attached hydrogen (secondary N) is 1. The van der Waals surface area contributed by atoms with Gasteiger partial charge in [0.2, 0.25) is 5.91 Å². The lowest BCUT2D eigenvalue weighted by Crippen LogP contribution is -2.51. The Morgan fingerprint density at radius 2 is 1.66 bits per heavy atom. The average Bonchev–Trinajstić information content (AvgIpc) is 2.89. The van der Waals surface area contributed by atoms with E-state index in [9.17, 15) is 14.0 Å². The summed E-state index contributed by atoms with van der Waals surface area (Å²) in [5, 5.41) is 2.94. The Morgan fingerprint density at radius 3 is 2.34 bits per heavy atom. The molecule has 0 aliphatic heterocycles. The maximum atomic E-state index is 13.5. The molecule has 0 bridgehead atoms. The maximum Gasteiger partial charge on any atom is 0.261 e. The van der Waals surface area contributed by atoms with Crippen LogP contribution in [0.5, 0.6) is 11.5 Å². The zero-order valence-corrected chi connectivity index (χ0v) is 20.1. The van der Waals surface area contributed by atoms with Crippen molar-refractivity contribution in [2.75, 3.05) is 20.3 Å². The molecular weight excluding hydrogens is 447 g/mol. The number of amides is 2. The first-order chi connectivity index (χ1) is 17.0. The predicted octanol–water partition coefficient (Wildman–Crippen LogP) is 4.38. The second kappa shape index (κ2) is 13.1. The third kappa shape index (κ3) is 7.84. The number of carbonyl (C=O) groups excluding carboxylic acids is 2. The van der Waals surface area contributed by atoms with E-state index in [1.165, 1.54) is 29.2 Å². The first-order valence-electron chi connectivity index (χ1n) is 11.6. The van der Waals surface area contributed by atoms with Gasteiger partial charge >= 0.3 is 0 Å². The molecule has 0 heterocycles. The van der Waals surface area contributed by atoms with Crippen LogP contribution in [0.2, 0.25) is 0 Å². The molecular formula is C28H31FN2O4. The highest BCUT2D eigenvalue weighted by Gasteiger charge is 2.30. The summed E-state index contributed by atoms with van der Waals surface area (Å²) in [5.41, 5.74) is 1.76. The Balaban J connectivity index is 1.89. The Hall–Kier alpha value is -3.87. The van der Waals surface area contributed by atoms with Crippen LogP contribution in [0.25, 0.3) is 0 Å². The highest BCUT2D eigenvalue weighted by Crippen LogP contribution is 2.19. The number of hydrogen-bond acceptors (Lipinski definition) is 4. The van der Waals surface area contributed by atoms with E-state index in [-0.39, 0.29) is 30.8 Å². The van der Waals surface area contributed by atoms with Gasteiger partial charge in [0.05, 0.1) is 7.11 Å². The monoisotopic (exact) mass is 478 g/mol. The summed E-state index contributed by atoms with van der Waals surface area (Å²) < 4.78 is 24.2. The highest BCUT2D eigenvalue weighted by molar-refractivity contribution is 5.88. The van der Waals surface area contributed by atoms with Crippen molar-refractivity contribution in [3.8, 4) is 11.5 Å². The number of halogens is 1. The SMILES string of the molecule is CCCNC(=O)[C@@H](Cc1ccccc1)N(Cc1cccc(OC)c1)C(=O)COc1ccc(F)cc1. The van der Waals surface area contributed by atoms with Crippen molar-refractivity contribution < 1.29 is 23.5 Å². The molecule has 0 unspecified atom stereocenters. The summed E-state index contributed by atoms with van der Waals surface area (Å²) in [5.74, 6) is 0.0564. The molecule has 35 heavy (non-hydrogen) atoms. The van der Waals surface area contributed by atoms with Gasteiger partial charge < -0.3 is 19.7 Å². The number of rotatable bonds is 12. The van der Waals surface area contributed by atoms with Gasteiger partial charge in [0.15, 0.2) is 6.61 Å². The Kier molecular flexibility index (Phi) is 9.66. The van der Waals surface area contributed by atoms with Crippen molar-refractivity contribution in [3.05, 3.63) is 95.8 Å². The van der Waals surface area contributed by atoms with Gasteiger partial charge in [0.1, 0.15) is 23.4 Å². The minimum Gasteiger partial charge on any atom is -0.497 e. The van der Waals surface area contributed by atoms with Crippen molar-refractivity contribution in [2.24, 2.45) is 0 Å². The molecule has 0 aliphatic carbocycles. The molecule has 3 rings (SSSR count). The molecule has 3 aromatic rings. The number of ether oxygens (including phenoxy) is 2. The largest absolute Gasteiger partial charge is 0.497 e. The molecule has 0 spiro atoms. The van der Waals surface area contributed by atoms with E-state index in [1.807, 2.05) is 61.5 Å². The quantitative estimate of drug-likeness (QED) is 0.420. The number of methoxy groups -OCH3 is 1. The van der Waals surface area contributed by atoms with Crippen molar-refractivity contribution >= 4 is 11.8 Å². The molecule has 0 fully saturated rings. The van der Waals surface area contributed by atoms with E-state index < -0.39 is 6.04 Å². The lowest BCUT2D eigenvalue weighted by molar-refractivity contribution is -0.142. The van der Waals surface area contributed by atoms with E-state index in [1.54, 1.807) is 7.11 Å². The van der Waals surface area contributed by atoms with E-state index in [2.05, 4.69) is 5.32 Å². The van der Waals surface area contributed by atoms with Crippen molar-refractivity contribution in [2.45, 2.75) is 32.4 Å². The summed E-state index contributed by atoms with van der Waals surface area (Å²) in [6.07, 6.45) is 1.13. The summed E-state index contributed by atoms with van der Waals surface area (Å²) >= 11 is 0. The summed E-state index contributed by atoms with van der Waals surface area (Å²) in [6.45, 7) is 2.39. The van der Waals surface area contributed by atoms with Crippen LogP contribution in [-0.4, -0.2) is 43.0 Å². The van der Waals surface area contributed by atoms with Crippen molar-refractivity contribution in [1.29, 1.82) is 0 Å². The van der Waals surface area contributed by atoms with E-state index in [0.717, 1.165) is 17.5 Å². The number of carbonyl (C=O) groups is 2. The molecule has 1 atom stereocenters. The lowest BCUT2D eigenvalue weighted by atomic mass is 10.0. The van der Waals surface area contributed by atoms with Gasteiger partial charge in [0, 0.05) is 19.5 Å². The van der Waals surface area contributed by atoms with Gasteiger partial charge in [-0.2, -0.15) is 0 Å². The average molecular weight is 479 g/mol. The molecule has 0 aromatic heterocycles. The standard InChI is InChI=1S/C28H31FN2O4/c1-3-16-30-28(33)26(18-21-8-5-4-6-9-21)31(19-22-10-7-11-25(17-22)34-2)27(32)20-35-24-14-12-23(29)13-15-24/h4-15,17,26H,3,16,18-20H2,1-2H3,(H,30,33)/t26-/m1/s1. The Labute approximate surface area is 205 Å². The lowest BCUT2D eigenvalue weighted by Gasteiger charge is -2.31. The maximum absolute atomic E-state index is 13.5. The van der Waals surface area contributed by atoms with Crippen LogP contribution >= 0.6 is 0 Å². The van der Waals surface area contributed by atoms with E-state index >= 15 is 0 Å². The summed E-state index contributed by atoms with van der Waals surface area (Å²) in [7, 11) is 1.58. The normalized spacial score (nSPS) is 11.4. The van der Waals surface area contributed by atoms with Crippen LogP contribution < -0.4 is 14.8 Å². The molecule has 3 aromatic carbocycles. The van der Waals surface area contributed by atoms with Gasteiger partial charge in [0.25, 0.3) is 5.91 Å². The van der Waals surface area contributed by atoms with Gasteiger partial charge in [-0.15, -0.1) is 0 Å². The highest BCUT2D eigenvalue weighted by atomic mass is 19.1. The van der Waals surface area contributed by atoms with Crippen molar-refractivity contribution in [1.82, 2.24) is 10.2 Å². The molecule has 1 N–H and O–H groups in total. The van der Waals surface area contributed by atoms with Gasteiger partial charge in [-0.1, -0.05) is 49.4 Å². The van der Waals surface area contributed by atoms with Crippen LogP contribution in [0, 0.1) is 5.82 Å². The smallest absolute Gasteiger partial charge is 0.261 e. The fraction of sp³-hybridized carbons (Fsp3) is 0.286. The molecule has 0 aliphatic rings.